The highest BCUT2D eigenvalue weighted by Gasteiger charge is 2.57. The zero-order valence-electron chi connectivity index (χ0n) is 13.3. The van der Waals surface area contributed by atoms with Crippen molar-refractivity contribution in [2.45, 2.75) is 19.4 Å². The number of hydrogen-bond acceptors (Lipinski definition) is 4. The average molecular weight is 318 g/mol. The largest absolute Gasteiger partial charge is 0.496 e. The zero-order valence-corrected chi connectivity index (χ0v) is 13.3. The molecule has 6 nitrogen and oxygen atoms in total. The zero-order chi connectivity index (χ0) is 16.3. The van der Waals surface area contributed by atoms with Gasteiger partial charge < -0.3 is 19.7 Å². The molecule has 6 heteroatoms. The highest BCUT2D eigenvalue weighted by molar-refractivity contribution is 6.07. The Morgan fingerprint density at radius 3 is 2.61 bits per heavy atom. The van der Waals surface area contributed by atoms with Crippen molar-refractivity contribution in [3.8, 4) is 5.75 Å². The number of nitrogens with zero attached hydrogens (tertiary/aromatic N) is 1. The van der Waals surface area contributed by atoms with Crippen molar-refractivity contribution in [2.24, 2.45) is 5.41 Å². The second-order valence-electron chi connectivity index (χ2n) is 5.98. The van der Waals surface area contributed by atoms with Crippen molar-refractivity contribution >= 4 is 11.8 Å². The number of benzene rings is 1. The molecule has 2 aliphatic rings. The van der Waals surface area contributed by atoms with E-state index in [-0.39, 0.29) is 11.8 Å². The number of carbonyl (C=O) groups is 2. The second-order valence-corrected chi connectivity index (χ2v) is 5.98. The highest BCUT2D eigenvalue weighted by atomic mass is 16.5. The van der Waals surface area contributed by atoms with Gasteiger partial charge in [0, 0.05) is 25.2 Å². The molecule has 2 fully saturated rings. The minimum Gasteiger partial charge on any atom is -0.496 e. The molecule has 1 aromatic rings. The maximum absolute atomic E-state index is 12.6. The molecule has 0 bridgehead atoms. The third kappa shape index (κ3) is 3.17. The molecule has 1 saturated heterocycles. The minimum atomic E-state index is -0.862. The first-order chi connectivity index (χ1) is 11.2. The second kappa shape index (κ2) is 6.58. The van der Waals surface area contributed by atoms with Gasteiger partial charge in [0.15, 0.2) is 0 Å². The van der Waals surface area contributed by atoms with E-state index in [2.05, 4.69) is 5.32 Å². The summed E-state index contributed by atoms with van der Waals surface area (Å²) in [6.07, 6.45) is 1.25. The normalized spacial score (nSPS) is 19.1. The van der Waals surface area contributed by atoms with E-state index in [1.807, 2.05) is 24.3 Å². The number of para-hydroxylation sites is 1. The topological polar surface area (TPSA) is 67.9 Å². The Morgan fingerprint density at radius 2 is 1.96 bits per heavy atom. The highest BCUT2D eigenvalue weighted by Crippen LogP contribution is 2.47. The van der Waals surface area contributed by atoms with E-state index >= 15 is 0 Å². The Hall–Kier alpha value is -2.08. The average Bonchev–Trinajstić information content (AvgIpc) is 3.42. The summed E-state index contributed by atoms with van der Waals surface area (Å²) in [6, 6.07) is 7.54. The van der Waals surface area contributed by atoms with Gasteiger partial charge >= 0.3 is 0 Å². The number of carbonyl (C=O) groups excluding carboxylic acids is 2. The fourth-order valence-electron chi connectivity index (χ4n) is 2.93. The van der Waals surface area contributed by atoms with Crippen LogP contribution in [0.2, 0.25) is 0 Å². The van der Waals surface area contributed by atoms with Crippen molar-refractivity contribution in [3.05, 3.63) is 29.8 Å². The van der Waals surface area contributed by atoms with Gasteiger partial charge in [-0.2, -0.15) is 0 Å². The van der Waals surface area contributed by atoms with Gasteiger partial charge in [0.05, 0.1) is 20.3 Å². The molecule has 0 spiro atoms. The summed E-state index contributed by atoms with van der Waals surface area (Å²) in [5.41, 5.74) is 0.0391. The SMILES string of the molecule is COc1ccccc1CNC(=O)C1(C(=O)N2CCOCC2)CC1. The molecule has 23 heavy (non-hydrogen) atoms. The summed E-state index contributed by atoms with van der Waals surface area (Å²) < 4.78 is 10.5. The van der Waals surface area contributed by atoms with Crippen LogP contribution in [0, 0.1) is 5.41 Å². The van der Waals surface area contributed by atoms with Crippen molar-refractivity contribution in [1.82, 2.24) is 10.2 Å². The van der Waals surface area contributed by atoms with E-state index in [1.54, 1.807) is 12.0 Å². The Balaban J connectivity index is 1.62. The van der Waals surface area contributed by atoms with Crippen molar-refractivity contribution in [2.75, 3.05) is 33.4 Å². The number of methoxy groups -OCH3 is 1. The fourth-order valence-corrected chi connectivity index (χ4v) is 2.93. The number of amides is 2. The van der Waals surface area contributed by atoms with Gasteiger partial charge in [0.2, 0.25) is 11.8 Å². The standard InChI is InChI=1S/C17H22N2O4/c1-22-14-5-3-2-4-13(14)12-18-15(20)17(6-7-17)16(21)19-8-10-23-11-9-19/h2-5H,6-12H2,1H3,(H,18,20). The first kappa shape index (κ1) is 15.8. The van der Waals surface area contributed by atoms with Crippen molar-refractivity contribution in [3.63, 3.8) is 0 Å². The van der Waals surface area contributed by atoms with E-state index in [1.165, 1.54) is 0 Å². The molecule has 0 radical (unpaired) electrons. The van der Waals surface area contributed by atoms with Crippen LogP contribution in [-0.2, 0) is 20.9 Å². The van der Waals surface area contributed by atoms with Gasteiger partial charge in [-0.3, -0.25) is 9.59 Å². The predicted molar refractivity (Wildman–Crippen MR) is 83.9 cm³/mol. The van der Waals surface area contributed by atoms with Crippen LogP contribution in [0.1, 0.15) is 18.4 Å². The van der Waals surface area contributed by atoms with Gasteiger partial charge in [0.1, 0.15) is 11.2 Å². The van der Waals surface area contributed by atoms with Crippen LogP contribution in [0.4, 0.5) is 0 Å². The first-order valence-corrected chi connectivity index (χ1v) is 7.95. The predicted octanol–water partition coefficient (Wildman–Crippen LogP) is 0.950. The molecular weight excluding hydrogens is 296 g/mol. The number of nitrogens with one attached hydrogen (secondary N) is 1. The number of hydrogen-bond donors (Lipinski definition) is 1. The summed E-state index contributed by atoms with van der Waals surface area (Å²) in [4.78, 5) is 26.9. The lowest BCUT2D eigenvalue weighted by molar-refractivity contribution is -0.147. The Kier molecular flexibility index (Phi) is 4.52. The summed E-state index contributed by atoms with van der Waals surface area (Å²) >= 11 is 0. The van der Waals surface area contributed by atoms with Gasteiger partial charge in [-0.1, -0.05) is 18.2 Å². The lowest BCUT2D eigenvalue weighted by Crippen LogP contribution is -2.49. The molecule has 2 amide bonds. The molecule has 1 aliphatic carbocycles. The van der Waals surface area contributed by atoms with Crippen molar-refractivity contribution in [1.29, 1.82) is 0 Å². The van der Waals surface area contributed by atoms with E-state index < -0.39 is 5.41 Å². The number of ether oxygens (including phenoxy) is 2. The summed E-state index contributed by atoms with van der Waals surface area (Å²) in [6.45, 7) is 2.59. The first-order valence-electron chi connectivity index (χ1n) is 7.95. The third-order valence-electron chi connectivity index (χ3n) is 4.52. The fraction of sp³-hybridized carbons (Fsp3) is 0.529. The molecule has 1 saturated carbocycles. The molecular formula is C17H22N2O4. The van der Waals surface area contributed by atoms with E-state index in [0.717, 1.165) is 11.3 Å². The molecule has 124 valence electrons. The van der Waals surface area contributed by atoms with Gasteiger partial charge in [-0.25, -0.2) is 0 Å². The van der Waals surface area contributed by atoms with Crippen molar-refractivity contribution < 1.29 is 19.1 Å². The van der Waals surface area contributed by atoms with E-state index in [0.29, 0.717) is 45.7 Å². The smallest absolute Gasteiger partial charge is 0.238 e. The van der Waals surface area contributed by atoms with E-state index in [4.69, 9.17) is 9.47 Å². The van der Waals surface area contributed by atoms with E-state index in [9.17, 15) is 9.59 Å². The maximum atomic E-state index is 12.6. The Labute approximate surface area is 135 Å². The Morgan fingerprint density at radius 1 is 1.26 bits per heavy atom. The quantitative estimate of drug-likeness (QED) is 0.821. The van der Waals surface area contributed by atoms with Crippen LogP contribution >= 0.6 is 0 Å². The van der Waals surface area contributed by atoms with Crippen LogP contribution in [0.5, 0.6) is 5.75 Å². The molecule has 1 aliphatic heterocycles. The monoisotopic (exact) mass is 318 g/mol. The minimum absolute atomic E-state index is 0.0571. The summed E-state index contributed by atoms with van der Waals surface area (Å²) in [5.74, 6) is 0.496. The summed E-state index contributed by atoms with van der Waals surface area (Å²) in [5, 5.41) is 2.90. The van der Waals surface area contributed by atoms with Gasteiger partial charge in [-0.15, -0.1) is 0 Å². The molecule has 0 aromatic heterocycles. The van der Waals surface area contributed by atoms with Gasteiger partial charge in [-0.05, 0) is 18.9 Å². The maximum Gasteiger partial charge on any atom is 0.238 e. The number of rotatable bonds is 5. The Bertz CT molecular complexity index is 592. The molecule has 1 aromatic carbocycles. The van der Waals surface area contributed by atoms with Crippen LogP contribution in [-0.4, -0.2) is 50.1 Å². The summed E-state index contributed by atoms with van der Waals surface area (Å²) in [7, 11) is 1.60. The van der Waals surface area contributed by atoms with Crippen LogP contribution < -0.4 is 10.1 Å². The molecule has 0 atom stereocenters. The third-order valence-corrected chi connectivity index (χ3v) is 4.52. The lowest BCUT2D eigenvalue weighted by Gasteiger charge is -2.30. The van der Waals surface area contributed by atoms with Crippen LogP contribution in [0.25, 0.3) is 0 Å². The molecule has 3 rings (SSSR count). The molecule has 1 heterocycles. The number of morpholine rings is 1. The lowest BCUT2D eigenvalue weighted by atomic mass is 10.0. The molecule has 1 N–H and O–H groups in total. The van der Waals surface area contributed by atoms with Crippen LogP contribution in [0.3, 0.4) is 0 Å². The molecule has 0 unspecified atom stereocenters. The van der Waals surface area contributed by atoms with Crippen LogP contribution in [0.15, 0.2) is 24.3 Å². The van der Waals surface area contributed by atoms with Gasteiger partial charge in [0.25, 0.3) is 0 Å².